The lowest BCUT2D eigenvalue weighted by Gasteiger charge is -2.39. The van der Waals surface area contributed by atoms with Crippen LogP contribution in [0, 0.1) is 17.8 Å². The summed E-state index contributed by atoms with van der Waals surface area (Å²) in [7, 11) is 0. The van der Waals surface area contributed by atoms with Gasteiger partial charge in [-0.1, -0.05) is 36.0 Å². The number of dihydropyridines is 1. The fourth-order valence-corrected chi connectivity index (χ4v) is 8.06. The maximum absolute atomic E-state index is 11.4. The van der Waals surface area contributed by atoms with E-state index >= 15 is 0 Å². The second kappa shape index (κ2) is 13.4. The molecule has 0 aromatic heterocycles. The lowest BCUT2D eigenvalue weighted by Crippen LogP contribution is -2.52. The first-order valence-corrected chi connectivity index (χ1v) is 16.4. The molecule has 3 saturated heterocycles. The summed E-state index contributed by atoms with van der Waals surface area (Å²) in [6, 6.07) is 1.09. The maximum Gasteiger partial charge on any atom is 0.148 e. The third-order valence-electron chi connectivity index (χ3n) is 10.6. The van der Waals surface area contributed by atoms with Crippen LogP contribution in [0.2, 0.25) is 0 Å². The van der Waals surface area contributed by atoms with Crippen molar-refractivity contribution in [1.82, 2.24) is 36.2 Å². The SMILES string of the molecule is OC(NC1C=C([C@@H]2CC=C[C@@H]3NC=CC32)CC2NNCC12)C1=NC(CN2CCN(CCN3CCOCC3)CC2)CC=C1. The third-order valence-corrected chi connectivity index (χ3v) is 10.6. The van der Waals surface area contributed by atoms with Crippen molar-refractivity contribution in [3.8, 4) is 0 Å². The van der Waals surface area contributed by atoms with Gasteiger partial charge in [0.1, 0.15) is 6.23 Å². The molecular weight excluding hydrogens is 528 g/mol. The summed E-state index contributed by atoms with van der Waals surface area (Å²) < 4.78 is 5.48. The first-order valence-electron chi connectivity index (χ1n) is 16.4. The predicted octanol–water partition coefficient (Wildman–Crippen LogP) is 0.0828. The number of nitrogens with zero attached hydrogens (tertiary/aromatic N) is 4. The monoisotopic (exact) mass is 578 g/mol. The summed E-state index contributed by atoms with van der Waals surface area (Å²) in [6.07, 6.45) is 18.1. The molecule has 0 bridgehead atoms. The summed E-state index contributed by atoms with van der Waals surface area (Å²) in [5.74, 6) is 1.42. The molecule has 3 fully saturated rings. The minimum absolute atomic E-state index is 0.0981. The molecule has 7 rings (SSSR count). The van der Waals surface area contributed by atoms with Crippen LogP contribution < -0.4 is 21.5 Å². The number of ether oxygens (including phenoxy) is 1. The van der Waals surface area contributed by atoms with Gasteiger partial charge >= 0.3 is 0 Å². The Labute approximate surface area is 251 Å². The Morgan fingerprint density at radius 2 is 1.81 bits per heavy atom. The van der Waals surface area contributed by atoms with Gasteiger partial charge in [0.05, 0.1) is 31.0 Å². The zero-order valence-electron chi connectivity index (χ0n) is 24.9. The quantitative estimate of drug-likeness (QED) is 0.193. The Hall–Kier alpha value is -1.89. The van der Waals surface area contributed by atoms with Crippen molar-refractivity contribution in [3.05, 3.63) is 48.2 Å². The molecular formula is C32H50N8O2. The van der Waals surface area contributed by atoms with E-state index in [-0.39, 0.29) is 12.1 Å². The largest absolute Gasteiger partial charge is 0.384 e. The van der Waals surface area contributed by atoms with Crippen LogP contribution in [-0.4, -0.2) is 135 Å². The lowest BCUT2D eigenvalue weighted by molar-refractivity contribution is 0.0298. The number of hydrogen-bond acceptors (Lipinski definition) is 10. The third kappa shape index (κ3) is 6.61. The smallest absolute Gasteiger partial charge is 0.148 e. The molecule has 42 heavy (non-hydrogen) atoms. The molecule has 0 saturated carbocycles. The molecule has 5 N–H and O–H groups in total. The average Bonchev–Trinajstić information content (AvgIpc) is 3.71. The Morgan fingerprint density at radius 3 is 2.67 bits per heavy atom. The van der Waals surface area contributed by atoms with Gasteiger partial charge in [-0.3, -0.25) is 35.9 Å². The number of aliphatic hydroxyl groups is 1. The molecule has 6 unspecified atom stereocenters. The minimum atomic E-state index is -0.769. The lowest BCUT2D eigenvalue weighted by atomic mass is 9.70. The van der Waals surface area contributed by atoms with Crippen molar-refractivity contribution in [2.45, 2.75) is 49.7 Å². The van der Waals surface area contributed by atoms with E-state index in [4.69, 9.17) is 9.73 Å². The molecule has 5 heterocycles. The van der Waals surface area contributed by atoms with Crippen LogP contribution in [0.3, 0.4) is 0 Å². The van der Waals surface area contributed by atoms with Crippen molar-refractivity contribution in [3.63, 3.8) is 0 Å². The molecule has 0 radical (unpaired) electrons. The Bertz CT molecular complexity index is 1080. The number of piperazine rings is 1. The van der Waals surface area contributed by atoms with Gasteiger partial charge in [-0.05, 0) is 37.5 Å². The van der Waals surface area contributed by atoms with Crippen LogP contribution in [0.15, 0.2) is 53.2 Å². The van der Waals surface area contributed by atoms with Gasteiger partial charge in [-0.2, -0.15) is 0 Å². The number of fused-ring (bicyclic) bond motifs is 2. The van der Waals surface area contributed by atoms with E-state index in [1.807, 2.05) is 6.08 Å². The van der Waals surface area contributed by atoms with Crippen molar-refractivity contribution in [2.75, 3.05) is 78.7 Å². The number of aliphatic hydroxyl groups excluding tert-OH is 1. The minimum Gasteiger partial charge on any atom is -0.384 e. The van der Waals surface area contributed by atoms with Crippen molar-refractivity contribution < 1.29 is 9.84 Å². The molecule has 0 aromatic carbocycles. The van der Waals surface area contributed by atoms with Gasteiger partial charge in [-0.15, -0.1) is 0 Å². The average molecular weight is 579 g/mol. The summed E-state index contributed by atoms with van der Waals surface area (Å²) in [5.41, 5.74) is 9.20. The first kappa shape index (κ1) is 28.9. The van der Waals surface area contributed by atoms with Gasteiger partial charge in [0.15, 0.2) is 0 Å². The van der Waals surface area contributed by atoms with Crippen LogP contribution in [0.1, 0.15) is 19.3 Å². The number of morpholine rings is 1. The molecule has 5 aliphatic heterocycles. The maximum atomic E-state index is 11.4. The van der Waals surface area contributed by atoms with Crippen molar-refractivity contribution in [2.24, 2.45) is 22.7 Å². The Morgan fingerprint density at radius 1 is 1.00 bits per heavy atom. The highest BCUT2D eigenvalue weighted by molar-refractivity contribution is 5.98. The summed E-state index contributed by atoms with van der Waals surface area (Å²) in [6.45, 7) is 12.5. The summed E-state index contributed by atoms with van der Waals surface area (Å²) in [5, 5.41) is 18.5. The number of rotatable bonds is 9. The van der Waals surface area contributed by atoms with Gasteiger partial charge in [-0.25, -0.2) is 0 Å². The van der Waals surface area contributed by atoms with Crippen LogP contribution in [0.25, 0.3) is 0 Å². The second-order valence-electron chi connectivity index (χ2n) is 13.2. The molecule has 2 aliphatic carbocycles. The fourth-order valence-electron chi connectivity index (χ4n) is 8.06. The first-order chi connectivity index (χ1) is 20.7. The number of aliphatic imine (C=N–C) groups is 1. The zero-order chi connectivity index (χ0) is 28.3. The molecule has 0 aromatic rings. The molecule has 8 atom stereocenters. The van der Waals surface area contributed by atoms with Crippen molar-refractivity contribution >= 4 is 5.71 Å². The van der Waals surface area contributed by atoms with E-state index in [0.29, 0.717) is 29.8 Å². The molecule has 0 amide bonds. The second-order valence-corrected chi connectivity index (χ2v) is 13.2. The number of hydrazine groups is 1. The number of allylic oxidation sites excluding steroid dienone is 1. The summed E-state index contributed by atoms with van der Waals surface area (Å²) >= 11 is 0. The zero-order valence-corrected chi connectivity index (χ0v) is 24.9. The highest BCUT2D eigenvalue weighted by atomic mass is 16.5. The van der Waals surface area contributed by atoms with E-state index < -0.39 is 6.23 Å². The van der Waals surface area contributed by atoms with E-state index in [1.54, 1.807) is 0 Å². The standard InChI is InChI=1S/C32H50N8O2/c41-32(36-30-19-23(20-31-27(30)21-34-37-31)25-4-2-5-28-26(25)7-8-33-28)29-6-1-3-24(35-29)22-40-13-11-38(12-14-40)9-10-39-15-17-42-18-16-39/h1-2,5-8,19,24-28,30-34,36-37,41H,3-4,9-18,20-22H2/t24?,25-,26?,27?,28-,30?,31?,32?/m0/s1. The molecule has 10 heteroatoms. The summed E-state index contributed by atoms with van der Waals surface area (Å²) in [4.78, 5) is 12.7. The normalized spacial score (nSPS) is 38.1. The van der Waals surface area contributed by atoms with E-state index in [9.17, 15) is 5.11 Å². The predicted molar refractivity (Wildman–Crippen MR) is 166 cm³/mol. The van der Waals surface area contributed by atoms with Crippen LogP contribution in [-0.2, 0) is 4.74 Å². The fraction of sp³-hybridized carbons (Fsp3) is 0.719. The van der Waals surface area contributed by atoms with Crippen LogP contribution in [0.4, 0.5) is 0 Å². The molecule has 7 aliphatic rings. The topological polar surface area (TPSA) is 99.7 Å². The van der Waals surface area contributed by atoms with Gasteiger partial charge in [0.25, 0.3) is 0 Å². The van der Waals surface area contributed by atoms with Gasteiger partial charge < -0.3 is 15.2 Å². The molecule has 230 valence electrons. The molecule has 0 spiro atoms. The van der Waals surface area contributed by atoms with E-state index in [2.05, 4.69) is 72.8 Å². The van der Waals surface area contributed by atoms with Gasteiger partial charge in [0.2, 0.25) is 0 Å². The van der Waals surface area contributed by atoms with E-state index in [0.717, 1.165) is 104 Å². The van der Waals surface area contributed by atoms with Gasteiger partial charge in [0, 0.05) is 89.4 Å². The molecule has 10 nitrogen and oxygen atoms in total. The van der Waals surface area contributed by atoms with E-state index in [1.165, 1.54) is 5.57 Å². The highest BCUT2D eigenvalue weighted by Crippen LogP contribution is 2.40. The van der Waals surface area contributed by atoms with Crippen LogP contribution >= 0.6 is 0 Å². The number of hydrogen-bond donors (Lipinski definition) is 5. The Balaban J connectivity index is 0.933. The highest BCUT2D eigenvalue weighted by Gasteiger charge is 2.42. The number of nitrogens with one attached hydrogen (secondary N) is 4. The Kier molecular flexibility index (Phi) is 9.21. The van der Waals surface area contributed by atoms with Crippen LogP contribution in [0.5, 0.6) is 0 Å². The van der Waals surface area contributed by atoms with Crippen molar-refractivity contribution in [1.29, 1.82) is 0 Å².